The first-order valence-electron chi connectivity index (χ1n) is 11.7. The Labute approximate surface area is 218 Å². The highest BCUT2D eigenvalue weighted by molar-refractivity contribution is 6.06. The zero-order valence-electron chi connectivity index (χ0n) is 20.0. The molecule has 1 heterocycles. The molecule has 1 aliphatic rings. The fraction of sp³-hybridized carbons (Fsp3) is 0.214. The molecule has 5 nitrogen and oxygen atoms in total. The van der Waals surface area contributed by atoms with Gasteiger partial charge in [-0.25, -0.2) is 0 Å². The number of fused-ring (bicyclic) bond motifs is 2. The fourth-order valence-electron chi connectivity index (χ4n) is 4.57. The average molecular weight is 528 g/mol. The monoisotopic (exact) mass is 527 g/mol. The van der Waals surface area contributed by atoms with Crippen molar-refractivity contribution in [3.05, 3.63) is 89.1 Å². The lowest BCUT2D eigenvalue weighted by molar-refractivity contribution is -0.137. The van der Waals surface area contributed by atoms with Gasteiger partial charge in [0.15, 0.2) is 0 Å². The number of benzene rings is 3. The number of alkyl halides is 3. The van der Waals surface area contributed by atoms with Crippen LogP contribution in [0.15, 0.2) is 66.7 Å². The Bertz CT molecular complexity index is 1460. The third-order valence-corrected chi connectivity index (χ3v) is 6.34. The maximum atomic E-state index is 13.1. The number of pyridine rings is 1. The third kappa shape index (κ3) is 5.49. The van der Waals surface area contributed by atoms with E-state index in [0.29, 0.717) is 11.4 Å². The molecule has 0 radical (unpaired) electrons. The standard InChI is InChI=1S/C28H24F3N3O2.ClH/c1-36-25-12-5-4-11-24(25)34-26-20-9-2-3-10-22(20)33-23-14-13-19(16-21(23)26)32-27(35)17-7-6-8-18(15-17)28(29,30)31;/h4-8,11-16H,2-3,9-10H2,1H3,(H,32,35)(H,33,34);1H. The second-order valence-corrected chi connectivity index (χ2v) is 8.71. The van der Waals surface area contributed by atoms with Gasteiger partial charge in [0.05, 0.1) is 29.6 Å². The molecule has 1 aromatic heterocycles. The van der Waals surface area contributed by atoms with E-state index in [1.54, 1.807) is 19.2 Å². The van der Waals surface area contributed by atoms with Gasteiger partial charge in [0.25, 0.3) is 5.91 Å². The number of anilines is 3. The van der Waals surface area contributed by atoms with Gasteiger partial charge in [-0.15, -0.1) is 12.4 Å². The number of ether oxygens (including phenoxy) is 1. The van der Waals surface area contributed by atoms with Crippen LogP contribution in [-0.2, 0) is 19.0 Å². The summed E-state index contributed by atoms with van der Waals surface area (Å²) in [4.78, 5) is 17.7. The summed E-state index contributed by atoms with van der Waals surface area (Å²) in [5.74, 6) is 0.0756. The van der Waals surface area contributed by atoms with E-state index in [2.05, 4.69) is 10.6 Å². The average Bonchev–Trinajstić information content (AvgIpc) is 2.88. The number of para-hydroxylation sites is 2. The Morgan fingerprint density at radius 2 is 1.76 bits per heavy atom. The van der Waals surface area contributed by atoms with Crippen molar-refractivity contribution in [2.75, 3.05) is 17.7 Å². The maximum absolute atomic E-state index is 13.1. The van der Waals surface area contributed by atoms with Gasteiger partial charge in [-0.05, 0) is 79.8 Å². The Morgan fingerprint density at radius 1 is 0.973 bits per heavy atom. The van der Waals surface area contributed by atoms with E-state index in [-0.39, 0.29) is 18.0 Å². The molecule has 5 rings (SSSR count). The molecule has 3 aromatic carbocycles. The Hall–Kier alpha value is -3.78. The van der Waals surface area contributed by atoms with Crippen LogP contribution < -0.4 is 15.4 Å². The smallest absolute Gasteiger partial charge is 0.416 e. The van der Waals surface area contributed by atoms with E-state index in [9.17, 15) is 18.0 Å². The lowest BCUT2D eigenvalue weighted by atomic mass is 9.92. The maximum Gasteiger partial charge on any atom is 0.416 e. The van der Waals surface area contributed by atoms with Crippen LogP contribution in [0.4, 0.5) is 30.2 Å². The second-order valence-electron chi connectivity index (χ2n) is 8.71. The van der Waals surface area contributed by atoms with Gasteiger partial charge >= 0.3 is 6.18 Å². The highest BCUT2D eigenvalue weighted by atomic mass is 35.5. The summed E-state index contributed by atoms with van der Waals surface area (Å²) in [7, 11) is 1.61. The number of hydrogen-bond donors (Lipinski definition) is 2. The molecule has 0 fully saturated rings. The van der Waals surface area contributed by atoms with Gasteiger partial charge in [0, 0.05) is 22.3 Å². The van der Waals surface area contributed by atoms with Crippen LogP contribution in [0.5, 0.6) is 5.75 Å². The van der Waals surface area contributed by atoms with Crippen molar-refractivity contribution in [3.8, 4) is 5.75 Å². The molecule has 0 unspecified atom stereocenters. The molecule has 37 heavy (non-hydrogen) atoms. The summed E-state index contributed by atoms with van der Waals surface area (Å²) < 4.78 is 44.8. The van der Waals surface area contributed by atoms with E-state index < -0.39 is 17.6 Å². The summed E-state index contributed by atoms with van der Waals surface area (Å²) in [6, 6.07) is 17.3. The lowest BCUT2D eigenvalue weighted by Gasteiger charge is -2.23. The molecule has 0 bridgehead atoms. The summed E-state index contributed by atoms with van der Waals surface area (Å²) in [6.45, 7) is 0. The van der Waals surface area contributed by atoms with Gasteiger partial charge in [0.2, 0.25) is 0 Å². The van der Waals surface area contributed by atoms with Crippen LogP contribution in [0.3, 0.4) is 0 Å². The highest BCUT2D eigenvalue weighted by Crippen LogP contribution is 2.38. The molecule has 192 valence electrons. The van der Waals surface area contributed by atoms with Crippen LogP contribution >= 0.6 is 12.4 Å². The van der Waals surface area contributed by atoms with E-state index >= 15 is 0 Å². The molecule has 0 saturated carbocycles. The second kappa shape index (κ2) is 10.7. The Kier molecular flexibility index (Phi) is 7.59. The molecule has 2 N–H and O–H groups in total. The zero-order valence-corrected chi connectivity index (χ0v) is 20.8. The molecular weight excluding hydrogens is 503 g/mol. The summed E-state index contributed by atoms with van der Waals surface area (Å²) in [5, 5.41) is 7.07. The van der Waals surface area contributed by atoms with Crippen LogP contribution in [0.2, 0.25) is 0 Å². The molecular formula is C28H25ClF3N3O2. The molecule has 9 heteroatoms. The number of amides is 1. The first kappa shape index (κ1) is 26.3. The van der Waals surface area contributed by atoms with Crippen molar-refractivity contribution in [1.82, 2.24) is 4.98 Å². The molecule has 0 aliphatic heterocycles. The quantitative estimate of drug-likeness (QED) is 0.281. The predicted molar refractivity (Wildman–Crippen MR) is 141 cm³/mol. The van der Waals surface area contributed by atoms with Crippen LogP contribution in [0, 0.1) is 0 Å². The minimum absolute atomic E-state index is 0. The zero-order chi connectivity index (χ0) is 25.3. The number of carbonyl (C=O) groups is 1. The number of nitrogens with one attached hydrogen (secondary N) is 2. The number of halogens is 4. The number of hydrogen-bond acceptors (Lipinski definition) is 4. The topological polar surface area (TPSA) is 63.2 Å². The molecule has 0 atom stereocenters. The largest absolute Gasteiger partial charge is 0.495 e. The molecule has 0 spiro atoms. The van der Waals surface area contributed by atoms with Crippen LogP contribution in [0.25, 0.3) is 10.9 Å². The molecule has 1 aliphatic carbocycles. The van der Waals surface area contributed by atoms with Crippen molar-refractivity contribution in [1.29, 1.82) is 0 Å². The first-order valence-corrected chi connectivity index (χ1v) is 11.7. The summed E-state index contributed by atoms with van der Waals surface area (Å²) >= 11 is 0. The molecule has 0 saturated heterocycles. The van der Waals surface area contributed by atoms with E-state index in [4.69, 9.17) is 9.72 Å². The molecule has 1 amide bonds. The van der Waals surface area contributed by atoms with Gasteiger partial charge in [-0.2, -0.15) is 13.2 Å². The van der Waals surface area contributed by atoms with Gasteiger partial charge in [0.1, 0.15) is 5.75 Å². The summed E-state index contributed by atoms with van der Waals surface area (Å²) in [5.41, 5.74) is 4.17. The van der Waals surface area contributed by atoms with Gasteiger partial charge < -0.3 is 15.4 Å². The minimum atomic E-state index is -4.52. The Morgan fingerprint density at radius 3 is 2.54 bits per heavy atom. The number of nitrogens with zero attached hydrogens (tertiary/aromatic N) is 1. The SMILES string of the molecule is COc1ccccc1Nc1c2c(nc3ccc(NC(=O)c4cccc(C(F)(F)F)c4)cc13)CCCC2.Cl. The van der Waals surface area contributed by atoms with Crippen molar-refractivity contribution < 1.29 is 22.7 Å². The van der Waals surface area contributed by atoms with Crippen molar-refractivity contribution in [2.45, 2.75) is 31.9 Å². The Balaban J connectivity index is 0.00000320. The number of methoxy groups -OCH3 is 1. The minimum Gasteiger partial charge on any atom is -0.495 e. The van der Waals surface area contributed by atoms with Crippen LogP contribution in [0.1, 0.15) is 40.0 Å². The van der Waals surface area contributed by atoms with Gasteiger partial charge in [-0.1, -0.05) is 18.2 Å². The van der Waals surface area contributed by atoms with Crippen molar-refractivity contribution in [2.24, 2.45) is 0 Å². The number of carbonyl (C=O) groups excluding carboxylic acids is 1. The van der Waals surface area contributed by atoms with Gasteiger partial charge in [-0.3, -0.25) is 9.78 Å². The third-order valence-electron chi connectivity index (χ3n) is 6.34. The number of rotatable bonds is 5. The predicted octanol–water partition coefficient (Wildman–Crippen LogP) is 7.56. The highest BCUT2D eigenvalue weighted by Gasteiger charge is 2.31. The number of aryl methyl sites for hydroxylation is 1. The van der Waals surface area contributed by atoms with E-state index in [1.165, 1.54) is 12.1 Å². The lowest BCUT2D eigenvalue weighted by Crippen LogP contribution is -2.14. The summed E-state index contributed by atoms with van der Waals surface area (Å²) in [6.07, 6.45) is -0.642. The normalized spacial score (nSPS) is 12.9. The van der Waals surface area contributed by atoms with Crippen molar-refractivity contribution >= 4 is 46.3 Å². The van der Waals surface area contributed by atoms with Crippen LogP contribution in [-0.4, -0.2) is 18.0 Å². The number of aromatic nitrogens is 1. The fourth-order valence-corrected chi connectivity index (χ4v) is 4.57. The van der Waals surface area contributed by atoms with E-state index in [1.807, 2.05) is 30.3 Å². The van der Waals surface area contributed by atoms with E-state index in [0.717, 1.165) is 71.4 Å². The molecule has 4 aromatic rings. The van der Waals surface area contributed by atoms with Crippen molar-refractivity contribution in [3.63, 3.8) is 0 Å². The first-order chi connectivity index (χ1) is 17.3.